The molecule has 4 bridgehead atoms. The molecule has 4 heteroatoms. The quantitative estimate of drug-likeness (QED) is 0.738. The zero-order valence-corrected chi connectivity index (χ0v) is 12.6. The maximum Gasteiger partial charge on any atom is 0.232 e. The SMILES string of the molecule is CCC(CS(=O)(=O)Cl)C12CC3CC(CC(C3)C1)C2. The Bertz CT molecular complexity index is 394. The molecule has 0 N–H and O–H groups in total. The molecule has 1 atom stereocenters. The van der Waals surface area contributed by atoms with Crippen molar-refractivity contribution in [1.82, 2.24) is 0 Å². The van der Waals surface area contributed by atoms with Crippen molar-refractivity contribution in [3.63, 3.8) is 0 Å². The first kappa shape index (κ1) is 13.2. The van der Waals surface area contributed by atoms with E-state index in [0.717, 1.165) is 24.2 Å². The minimum absolute atomic E-state index is 0.192. The Hall–Kier alpha value is 0.240. The van der Waals surface area contributed by atoms with Crippen molar-refractivity contribution in [3.8, 4) is 0 Å². The predicted molar refractivity (Wildman–Crippen MR) is 74.0 cm³/mol. The molecule has 0 heterocycles. The molecule has 1 unspecified atom stereocenters. The topological polar surface area (TPSA) is 34.1 Å². The van der Waals surface area contributed by atoms with Gasteiger partial charge in [-0.25, -0.2) is 8.42 Å². The normalized spacial score (nSPS) is 44.2. The molecule has 2 nitrogen and oxygen atoms in total. The summed E-state index contributed by atoms with van der Waals surface area (Å²) in [5, 5.41) is 0. The van der Waals surface area contributed by atoms with Gasteiger partial charge in [0.25, 0.3) is 0 Å². The Labute approximate surface area is 115 Å². The van der Waals surface area contributed by atoms with Gasteiger partial charge >= 0.3 is 0 Å². The zero-order chi connectivity index (χ0) is 13.0. The third kappa shape index (κ3) is 2.33. The average molecular weight is 291 g/mol. The summed E-state index contributed by atoms with van der Waals surface area (Å²) in [5.74, 6) is 3.11. The third-order valence-electron chi connectivity index (χ3n) is 5.84. The second-order valence-corrected chi connectivity index (χ2v) is 9.91. The molecule has 0 aliphatic heterocycles. The summed E-state index contributed by atoms with van der Waals surface area (Å²) in [7, 11) is 2.16. The maximum atomic E-state index is 11.5. The molecular weight excluding hydrogens is 268 g/mol. The number of halogens is 1. The van der Waals surface area contributed by atoms with E-state index in [1.54, 1.807) is 0 Å². The van der Waals surface area contributed by atoms with Crippen molar-refractivity contribution in [1.29, 1.82) is 0 Å². The van der Waals surface area contributed by atoms with Gasteiger partial charge in [-0.2, -0.15) is 0 Å². The third-order valence-corrected chi connectivity index (χ3v) is 7.02. The van der Waals surface area contributed by atoms with E-state index < -0.39 is 9.05 Å². The summed E-state index contributed by atoms with van der Waals surface area (Å²) >= 11 is 0. The summed E-state index contributed by atoms with van der Waals surface area (Å²) in [4.78, 5) is 0. The summed E-state index contributed by atoms with van der Waals surface area (Å²) in [6, 6.07) is 0. The van der Waals surface area contributed by atoms with Crippen LogP contribution in [0.2, 0.25) is 0 Å². The van der Waals surface area contributed by atoms with Gasteiger partial charge in [0.2, 0.25) is 9.05 Å². The van der Waals surface area contributed by atoms with Gasteiger partial charge in [-0.3, -0.25) is 0 Å². The lowest BCUT2D eigenvalue weighted by atomic mass is 9.46. The highest BCUT2D eigenvalue weighted by Gasteiger charge is 2.54. The molecule has 4 saturated carbocycles. The second kappa shape index (κ2) is 4.37. The number of rotatable bonds is 4. The van der Waals surface area contributed by atoms with Crippen LogP contribution >= 0.6 is 10.7 Å². The zero-order valence-electron chi connectivity index (χ0n) is 11.1. The summed E-state index contributed by atoms with van der Waals surface area (Å²) in [6.45, 7) is 2.13. The molecule has 104 valence electrons. The van der Waals surface area contributed by atoms with Gasteiger partial charge in [-0.15, -0.1) is 0 Å². The van der Waals surface area contributed by atoms with E-state index in [-0.39, 0.29) is 11.7 Å². The highest BCUT2D eigenvalue weighted by molar-refractivity contribution is 8.13. The van der Waals surface area contributed by atoms with Crippen LogP contribution in [0.5, 0.6) is 0 Å². The molecule has 4 aliphatic rings. The molecule has 0 aromatic rings. The Morgan fingerprint density at radius 2 is 1.56 bits per heavy atom. The molecule has 0 radical (unpaired) electrons. The summed E-state index contributed by atoms with van der Waals surface area (Å²) < 4.78 is 22.9. The van der Waals surface area contributed by atoms with E-state index in [4.69, 9.17) is 10.7 Å². The van der Waals surface area contributed by atoms with Crippen LogP contribution in [0.25, 0.3) is 0 Å². The van der Waals surface area contributed by atoms with E-state index in [1.165, 1.54) is 38.5 Å². The monoisotopic (exact) mass is 290 g/mol. The smallest absolute Gasteiger partial charge is 0.212 e. The molecule has 0 spiro atoms. The molecule has 4 aliphatic carbocycles. The van der Waals surface area contributed by atoms with Crippen molar-refractivity contribution >= 4 is 19.7 Å². The Morgan fingerprint density at radius 3 is 1.89 bits per heavy atom. The van der Waals surface area contributed by atoms with Gasteiger partial charge in [0.15, 0.2) is 0 Å². The van der Waals surface area contributed by atoms with Gasteiger partial charge in [0.1, 0.15) is 0 Å². The number of hydrogen-bond acceptors (Lipinski definition) is 2. The van der Waals surface area contributed by atoms with E-state index >= 15 is 0 Å². The van der Waals surface area contributed by atoms with Gasteiger partial charge in [0, 0.05) is 10.7 Å². The Kier molecular flexibility index (Phi) is 3.22. The molecule has 18 heavy (non-hydrogen) atoms. The van der Waals surface area contributed by atoms with Crippen LogP contribution in [0.15, 0.2) is 0 Å². The lowest BCUT2D eigenvalue weighted by Crippen LogP contribution is -2.50. The first-order chi connectivity index (χ1) is 8.40. The highest BCUT2D eigenvalue weighted by atomic mass is 35.7. The minimum Gasteiger partial charge on any atom is -0.212 e. The molecule has 4 rings (SSSR count). The molecule has 0 saturated heterocycles. The standard InChI is InChI=1S/C14H23ClO2S/c1-2-13(9-18(15,16)17)14-6-10-3-11(7-14)5-12(4-10)8-14/h10-13H,2-9H2,1H3. The largest absolute Gasteiger partial charge is 0.232 e. The minimum atomic E-state index is -3.36. The molecule has 4 fully saturated rings. The number of hydrogen-bond donors (Lipinski definition) is 0. The van der Waals surface area contributed by atoms with Crippen LogP contribution in [0.1, 0.15) is 51.9 Å². The van der Waals surface area contributed by atoms with Crippen molar-refractivity contribution in [2.75, 3.05) is 5.75 Å². The predicted octanol–water partition coefficient (Wildman–Crippen LogP) is 3.80. The van der Waals surface area contributed by atoms with Crippen molar-refractivity contribution in [3.05, 3.63) is 0 Å². The first-order valence-corrected chi connectivity index (χ1v) is 9.80. The van der Waals surface area contributed by atoms with Crippen molar-refractivity contribution < 1.29 is 8.42 Å². The summed E-state index contributed by atoms with van der Waals surface area (Å²) in [6.07, 6.45) is 8.98. The molecule has 0 aromatic heterocycles. The van der Waals surface area contributed by atoms with Crippen LogP contribution in [0.3, 0.4) is 0 Å². The first-order valence-electron chi connectivity index (χ1n) is 7.32. The Morgan fingerprint density at radius 1 is 1.11 bits per heavy atom. The van der Waals surface area contributed by atoms with Crippen LogP contribution in [-0.2, 0) is 9.05 Å². The van der Waals surface area contributed by atoms with Crippen LogP contribution in [-0.4, -0.2) is 14.2 Å². The van der Waals surface area contributed by atoms with Gasteiger partial charge in [-0.05, 0) is 67.6 Å². The van der Waals surface area contributed by atoms with Gasteiger partial charge < -0.3 is 0 Å². The van der Waals surface area contributed by atoms with Gasteiger partial charge in [0.05, 0.1) is 5.75 Å². The van der Waals surface area contributed by atoms with Crippen LogP contribution in [0.4, 0.5) is 0 Å². The summed E-state index contributed by atoms with van der Waals surface area (Å²) in [5.41, 5.74) is 0.311. The molecule has 0 amide bonds. The van der Waals surface area contributed by atoms with Crippen molar-refractivity contribution in [2.45, 2.75) is 51.9 Å². The molecular formula is C14H23ClO2S. The lowest BCUT2D eigenvalue weighted by molar-refractivity contribution is -0.0828. The van der Waals surface area contributed by atoms with E-state index in [1.807, 2.05) is 0 Å². The van der Waals surface area contributed by atoms with E-state index in [0.29, 0.717) is 5.41 Å². The maximum absolute atomic E-state index is 11.5. The fourth-order valence-electron chi connectivity index (χ4n) is 5.65. The fraction of sp³-hybridized carbons (Fsp3) is 1.00. The molecule has 0 aromatic carbocycles. The van der Waals surface area contributed by atoms with E-state index in [2.05, 4.69) is 6.92 Å². The van der Waals surface area contributed by atoms with Crippen molar-refractivity contribution in [2.24, 2.45) is 29.1 Å². The van der Waals surface area contributed by atoms with Crippen LogP contribution in [0, 0.1) is 29.1 Å². The Balaban J connectivity index is 1.85. The fourth-order valence-corrected chi connectivity index (χ4v) is 7.17. The second-order valence-electron chi connectivity index (χ2n) is 7.09. The van der Waals surface area contributed by atoms with Gasteiger partial charge in [-0.1, -0.05) is 13.3 Å². The lowest BCUT2D eigenvalue weighted by Gasteiger charge is -2.59. The average Bonchev–Trinajstić information content (AvgIpc) is 2.22. The van der Waals surface area contributed by atoms with E-state index in [9.17, 15) is 8.42 Å². The van der Waals surface area contributed by atoms with Crippen LogP contribution < -0.4 is 0 Å². The highest BCUT2D eigenvalue weighted by Crippen LogP contribution is 2.63.